The Kier molecular flexibility index (Phi) is 5.44. The van der Waals surface area contributed by atoms with Gasteiger partial charge in [-0.25, -0.2) is 4.98 Å². The number of carbonyl (C=O) groups is 1. The number of aromatic nitrogens is 1. The molecule has 1 N–H and O–H groups in total. The molecule has 5 aromatic rings. The molecule has 5 nitrogen and oxygen atoms in total. The van der Waals surface area contributed by atoms with Crippen LogP contribution in [0.2, 0.25) is 10.0 Å². The number of hydrogen-bond acceptors (Lipinski definition) is 4. The van der Waals surface area contributed by atoms with E-state index >= 15 is 0 Å². The molecule has 7 heteroatoms. The molecule has 2 aromatic heterocycles. The summed E-state index contributed by atoms with van der Waals surface area (Å²) in [4.78, 5) is 17.4. The Morgan fingerprint density at radius 2 is 1.70 bits per heavy atom. The minimum absolute atomic E-state index is 0.185. The van der Waals surface area contributed by atoms with Crippen LogP contribution in [0.4, 0.5) is 5.69 Å². The lowest BCUT2D eigenvalue weighted by molar-refractivity contribution is 0.0997. The number of benzene rings is 3. The highest BCUT2D eigenvalue weighted by Gasteiger charge is 2.17. The van der Waals surface area contributed by atoms with Gasteiger partial charge in [0.2, 0.25) is 5.89 Å². The van der Waals surface area contributed by atoms with Gasteiger partial charge in [0, 0.05) is 16.3 Å². The van der Waals surface area contributed by atoms with Gasteiger partial charge in [0.25, 0.3) is 5.91 Å². The van der Waals surface area contributed by atoms with Gasteiger partial charge >= 0.3 is 0 Å². The molecule has 0 fully saturated rings. The first kappa shape index (κ1) is 21.3. The van der Waals surface area contributed by atoms with E-state index in [1.807, 2.05) is 38.1 Å². The van der Waals surface area contributed by atoms with Crippen LogP contribution in [-0.4, -0.2) is 10.9 Å². The predicted molar refractivity (Wildman–Crippen MR) is 131 cm³/mol. The number of nitrogens with zero attached hydrogens (tertiary/aromatic N) is 1. The average Bonchev–Trinajstić information content (AvgIpc) is 3.43. The SMILES string of the molecule is Cc1cc(C)c2oc(-c3cc(NC(=O)c4ccc(-c5ccc(Cl)cc5)o4)ccc3Cl)nc2c1. The van der Waals surface area contributed by atoms with Gasteiger partial charge in [-0.15, -0.1) is 0 Å². The Morgan fingerprint density at radius 1 is 0.909 bits per heavy atom. The Morgan fingerprint density at radius 3 is 2.48 bits per heavy atom. The summed E-state index contributed by atoms with van der Waals surface area (Å²) in [5, 5.41) is 3.94. The van der Waals surface area contributed by atoms with Gasteiger partial charge in [0.1, 0.15) is 11.3 Å². The fraction of sp³-hybridized carbons (Fsp3) is 0.0769. The quantitative estimate of drug-likeness (QED) is 0.285. The summed E-state index contributed by atoms with van der Waals surface area (Å²) < 4.78 is 11.7. The minimum Gasteiger partial charge on any atom is -0.451 e. The fourth-order valence-electron chi connectivity index (χ4n) is 3.68. The Hall–Kier alpha value is -3.54. The van der Waals surface area contributed by atoms with E-state index in [0.29, 0.717) is 38.5 Å². The lowest BCUT2D eigenvalue weighted by Gasteiger charge is -2.06. The van der Waals surface area contributed by atoms with Gasteiger partial charge < -0.3 is 14.2 Å². The van der Waals surface area contributed by atoms with Crippen molar-refractivity contribution in [3.8, 4) is 22.8 Å². The van der Waals surface area contributed by atoms with Gasteiger partial charge in [0.15, 0.2) is 11.3 Å². The highest BCUT2D eigenvalue weighted by molar-refractivity contribution is 6.33. The number of anilines is 1. The van der Waals surface area contributed by atoms with Crippen molar-refractivity contribution in [2.24, 2.45) is 0 Å². The van der Waals surface area contributed by atoms with Crippen LogP contribution in [0.25, 0.3) is 33.9 Å². The number of rotatable bonds is 4. The van der Waals surface area contributed by atoms with Crippen LogP contribution in [0.15, 0.2) is 75.6 Å². The van der Waals surface area contributed by atoms with Crippen molar-refractivity contribution in [2.45, 2.75) is 13.8 Å². The maximum Gasteiger partial charge on any atom is 0.291 e. The molecule has 3 aromatic carbocycles. The normalized spacial score (nSPS) is 11.2. The molecule has 0 atom stereocenters. The van der Waals surface area contributed by atoms with Crippen LogP contribution < -0.4 is 5.32 Å². The molecule has 0 aliphatic rings. The van der Waals surface area contributed by atoms with E-state index in [2.05, 4.69) is 10.3 Å². The summed E-state index contributed by atoms with van der Waals surface area (Å²) >= 11 is 12.4. The lowest BCUT2D eigenvalue weighted by Crippen LogP contribution is -2.10. The van der Waals surface area contributed by atoms with Gasteiger partial charge in [-0.2, -0.15) is 0 Å². The maximum absolute atomic E-state index is 12.8. The van der Waals surface area contributed by atoms with E-state index in [1.165, 1.54) is 0 Å². The fourth-order valence-corrected chi connectivity index (χ4v) is 4.01. The van der Waals surface area contributed by atoms with E-state index in [4.69, 9.17) is 32.0 Å². The average molecular weight is 477 g/mol. The number of amides is 1. The second-order valence-corrected chi connectivity index (χ2v) is 8.61. The third-order valence-corrected chi connectivity index (χ3v) is 5.81. The first-order valence-electron chi connectivity index (χ1n) is 10.2. The zero-order valence-electron chi connectivity index (χ0n) is 17.8. The first-order chi connectivity index (χ1) is 15.9. The summed E-state index contributed by atoms with van der Waals surface area (Å²) in [6.07, 6.45) is 0. The van der Waals surface area contributed by atoms with Crippen molar-refractivity contribution in [1.82, 2.24) is 4.98 Å². The third-order valence-electron chi connectivity index (χ3n) is 5.23. The molecule has 0 bridgehead atoms. The smallest absolute Gasteiger partial charge is 0.291 e. The van der Waals surface area contributed by atoms with Crippen molar-refractivity contribution in [2.75, 3.05) is 5.32 Å². The van der Waals surface area contributed by atoms with Crippen molar-refractivity contribution in [1.29, 1.82) is 0 Å². The molecule has 2 heterocycles. The summed E-state index contributed by atoms with van der Waals surface area (Å²) in [6, 6.07) is 19.7. The number of hydrogen-bond donors (Lipinski definition) is 1. The van der Waals surface area contributed by atoms with Crippen molar-refractivity contribution in [3.63, 3.8) is 0 Å². The number of aryl methyl sites for hydroxylation is 2. The van der Waals surface area contributed by atoms with E-state index in [-0.39, 0.29) is 11.7 Å². The van der Waals surface area contributed by atoms with Crippen molar-refractivity contribution < 1.29 is 13.6 Å². The second-order valence-electron chi connectivity index (χ2n) is 7.77. The van der Waals surface area contributed by atoms with Crippen LogP contribution in [0, 0.1) is 13.8 Å². The number of furan rings is 1. The van der Waals surface area contributed by atoms with Gasteiger partial charge in [0.05, 0.1) is 10.6 Å². The number of halogens is 2. The van der Waals surface area contributed by atoms with E-state index in [9.17, 15) is 4.79 Å². The summed E-state index contributed by atoms with van der Waals surface area (Å²) in [5.41, 5.74) is 5.53. The molecule has 33 heavy (non-hydrogen) atoms. The zero-order chi connectivity index (χ0) is 23.1. The highest BCUT2D eigenvalue weighted by Crippen LogP contribution is 2.34. The molecule has 0 spiro atoms. The summed E-state index contributed by atoms with van der Waals surface area (Å²) in [6.45, 7) is 3.99. The standard InChI is InChI=1S/C26H18Cl2N2O3/c1-14-11-15(2)24-21(12-14)30-26(33-24)19-13-18(7-8-20(19)28)29-25(31)23-10-9-22(32-23)16-3-5-17(27)6-4-16/h3-13H,1-2H3,(H,29,31). The molecule has 164 valence electrons. The first-order valence-corrected chi connectivity index (χ1v) is 11.0. The highest BCUT2D eigenvalue weighted by atomic mass is 35.5. The topological polar surface area (TPSA) is 68.3 Å². The summed E-state index contributed by atoms with van der Waals surface area (Å²) in [7, 11) is 0. The molecule has 0 saturated carbocycles. The molecular weight excluding hydrogens is 459 g/mol. The van der Waals surface area contributed by atoms with Crippen LogP contribution >= 0.6 is 23.2 Å². The van der Waals surface area contributed by atoms with Crippen molar-refractivity contribution in [3.05, 3.63) is 93.7 Å². The number of oxazole rings is 1. The molecule has 0 aliphatic carbocycles. The Bertz CT molecular complexity index is 1500. The maximum atomic E-state index is 12.8. The van der Waals surface area contributed by atoms with Gasteiger partial charge in [-0.1, -0.05) is 29.3 Å². The van der Waals surface area contributed by atoms with Crippen LogP contribution in [0.1, 0.15) is 21.7 Å². The number of fused-ring (bicyclic) bond motifs is 1. The second kappa shape index (κ2) is 8.43. The Labute approximate surface area is 200 Å². The van der Waals surface area contributed by atoms with Crippen LogP contribution in [0.5, 0.6) is 0 Å². The predicted octanol–water partition coefficient (Wildman–Crippen LogP) is 7.93. The lowest BCUT2D eigenvalue weighted by atomic mass is 10.1. The van der Waals surface area contributed by atoms with E-state index in [0.717, 1.165) is 22.2 Å². The van der Waals surface area contributed by atoms with E-state index in [1.54, 1.807) is 42.5 Å². The third kappa shape index (κ3) is 4.25. The van der Waals surface area contributed by atoms with Gasteiger partial charge in [-0.05, 0) is 85.6 Å². The largest absolute Gasteiger partial charge is 0.451 e. The molecule has 1 amide bonds. The van der Waals surface area contributed by atoms with Crippen molar-refractivity contribution >= 4 is 45.9 Å². The molecule has 0 unspecified atom stereocenters. The number of nitrogens with one attached hydrogen (secondary N) is 1. The molecule has 5 rings (SSSR count). The van der Waals surface area contributed by atoms with Crippen LogP contribution in [0.3, 0.4) is 0 Å². The van der Waals surface area contributed by atoms with Crippen LogP contribution in [-0.2, 0) is 0 Å². The van der Waals surface area contributed by atoms with E-state index < -0.39 is 0 Å². The Balaban J connectivity index is 1.41. The van der Waals surface area contributed by atoms with Gasteiger partial charge in [-0.3, -0.25) is 4.79 Å². The molecular formula is C26H18Cl2N2O3. The molecule has 0 aliphatic heterocycles. The zero-order valence-corrected chi connectivity index (χ0v) is 19.3. The molecule has 0 saturated heterocycles. The monoisotopic (exact) mass is 476 g/mol. The summed E-state index contributed by atoms with van der Waals surface area (Å²) in [5.74, 6) is 0.769. The number of carbonyl (C=O) groups excluding carboxylic acids is 1. The molecule has 0 radical (unpaired) electrons. The minimum atomic E-state index is -0.382.